The van der Waals surface area contributed by atoms with E-state index < -0.39 is 33.7 Å². The number of carbonyl (C=O) groups excluding carboxylic acids is 1. The van der Waals surface area contributed by atoms with Crippen LogP contribution in [0.3, 0.4) is 0 Å². The molecule has 0 saturated carbocycles. The van der Waals surface area contributed by atoms with Crippen molar-refractivity contribution < 1.29 is 18.5 Å². The van der Waals surface area contributed by atoms with Crippen molar-refractivity contribution in [2.75, 3.05) is 5.32 Å². The van der Waals surface area contributed by atoms with Crippen molar-refractivity contribution >= 4 is 17.5 Å². The summed E-state index contributed by atoms with van der Waals surface area (Å²) in [7, 11) is 0. The summed E-state index contributed by atoms with van der Waals surface area (Å²) in [6, 6.07) is 1.25. The molecule has 1 aromatic carbocycles. The Kier molecular flexibility index (Phi) is 3.55. The van der Waals surface area contributed by atoms with E-state index in [0.29, 0.717) is 12.1 Å². The summed E-state index contributed by atoms with van der Waals surface area (Å²) in [5.74, 6) is -4.36. The number of carbonyl (C=O) groups is 1. The van der Waals surface area contributed by atoms with Gasteiger partial charge in [-0.3, -0.25) is 20.2 Å². The molecule has 0 spiro atoms. The lowest BCUT2D eigenvalue weighted by molar-refractivity contribution is -0.387. The quantitative estimate of drug-likeness (QED) is 0.670. The summed E-state index contributed by atoms with van der Waals surface area (Å²) < 4.78 is 27.2. The monoisotopic (exact) mass is 281 g/mol. The third-order valence-electron chi connectivity index (χ3n) is 2.20. The molecule has 0 saturated heterocycles. The Balaban J connectivity index is 2.39. The highest BCUT2D eigenvalue weighted by molar-refractivity contribution is 6.04. The van der Waals surface area contributed by atoms with E-state index in [9.17, 15) is 23.7 Å². The molecule has 102 valence electrons. The zero-order valence-electron chi connectivity index (χ0n) is 9.58. The number of nitro groups is 1. The van der Waals surface area contributed by atoms with Gasteiger partial charge in [-0.1, -0.05) is 0 Å². The van der Waals surface area contributed by atoms with E-state index in [-0.39, 0.29) is 5.95 Å². The molecular formula is C10H5F2N5O3. The van der Waals surface area contributed by atoms with Crippen LogP contribution in [0.25, 0.3) is 0 Å². The number of nitrogens with zero attached hydrogens (tertiary/aromatic N) is 4. The normalized spacial score (nSPS) is 10.1. The van der Waals surface area contributed by atoms with Gasteiger partial charge >= 0.3 is 5.69 Å². The fourth-order valence-electron chi connectivity index (χ4n) is 1.36. The Hall–Kier alpha value is -3.04. The summed E-state index contributed by atoms with van der Waals surface area (Å²) in [6.07, 6.45) is 2.42. The lowest BCUT2D eigenvalue weighted by Gasteiger charge is -2.05. The average molecular weight is 281 g/mol. The van der Waals surface area contributed by atoms with Crippen molar-refractivity contribution in [2.45, 2.75) is 0 Å². The van der Waals surface area contributed by atoms with Crippen molar-refractivity contribution in [2.24, 2.45) is 0 Å². The summed E-state index contributed by atoms with van der Waals surface area (Å²) in [5.41, 5.74) is -2.10. The minimum absolute atomic E-state index is 0.289. The second-order valence-corrected chi connectivity index (χ2v) is 3.43. The predicted octanol–water partition coefficient (Wildman–Crippen LogP) is 1.31. The Bertz CT molecular complexity index is 680. The van der Waals surface area contributed by atoms with E-state index in [0.717, 1.165) is 0 Å². The van der Waals surface area contributed by atoms with Crippen LogP contribution in [-0.4, -0.2) is 26.0 Å². The van der Waals surface area contributed by atoms with Crippen LogP contribution in [0.1, 0.15) is 10.4 Å². The number of aromatic nitrogens is 3. The third kappa shape index (κ3) is 2.53. The van der Waals surface area contributed by atoms with Gasteiger partial charge in [-0.05, 0) is 6.07 Å². The third-order valence-corrected chi connectivity index (χ3v) is 2.20. The van der Waals surface area contributed by atoms with Crippen LogP contribution in [0.4, 0.5) is 20.4 Å². The van der Waals surface area contributed by atoms with Gasteiger partial charge in [-0.25, -0.2) is 9.37 Å². The van der Waals surface area contributed by atoms with Crippen LogP contribution in [-0.2, 0) is 0 Å². The first-order valence-corrected chi connectivity index (χ1v) is 5.08. The van der Waals surface area contributed by atoms with Gasteiger partial charge in [0.1, 0.15) is 11.4 Å². The maximum absolute atomic E-state index is 13.7. The molecule has 2 aromatic rings. The van der Waals surface area contributed by atoms with Gasteiger partial charge in [-0.15, -0.1) is 5.10 Å². The van der Waals surface area contributed by atoms with Crippen LogP contribution in [0.2, 0.25) is 0 Å². The standard InChI is InChI=1S/C10H5F2N5O3/c11-5-1-2-6(17(19)20)8(12)7(5)9(18)15-10-13-3-4-14-16-10/h1-4H,(H,13,15,16,18). The van der Waals surface area contributed by atoms with Gasteiger partial charge in [0, 0.05) is 6.07 Å². The number of hydrogen-bond donors (Lipinski definition) is 1. The smallest absolute Gasteiger partial charge is 0.289 e. The molecule has 0 bridgehead atoms. The molecule has 10 heteroatoms. The Morgan fingerprint density at radius 3 is 2.65 bits per heavy atom. The van der Waals surface area contributed by atoms with E-state index in [1.54, 1.807) is 0 Å². The van der Waals surface area contributed by atoms with Crippen molar-refractivity contribution in [3.63, 3.8) is 0 Å². The summed E-state index contributed by atoms with van der Waals surface area (Å²) in [5, 5.41) is 19.3. The van der Waals surface area contributed by atoms with E-state index in [4.69, 9.17) is 0 Å². The number of rotatable bonds is 3. The molecule has 1 heterocycles. The Morgan fingerprint density at radius 1 is 1.30 bits per heavy atom. The maximum atomic E-state index is 13.7. The molecule has 8 nitrogen and oxygen atoms in total. The van der Waals surface area contributed by atoms with Gasteiger partial charge in [0.25, 0.3) is 5.91 Å². The van der Waals surface area contributed by atoms with Crippen molar-refractivity contribution in [1.82, 2.24) is 15.2 Å². The fraction of sp³-hybridized carbons (Fsp3) is 0. The molecule has 0 aliphatic carbocycles. The Labute approximate surface area is 109 Å². The second kappa shape index (κ2) is 5.30. The number of nitrogens with one attached hydrogen (secondary N) is 1. The molecule has 0 aliphatic heterocycles. The molecule has 0 fully saturated rings. The number of halogens is 2. The first-order valence-electron chi connectivity index (χ1n) is 5.08. The maximum Gasteiger partial charge on any atom is 0.305 e. The topological polar surface area (TPSA) is 111 Å². The highest BCUT2D eigenvalue weighted by atomic mass is 19.1. The van der Waals surface area contributed by atoms with Gasteiger partial charge in [0.05, 0.1) is 17.3 Å². The van der Waals surface area contributed by atoms with Crippen molar-refractivity contribution in [3.05, 3.63) is 51.8 Å². The summed E-state index contributed by atoms with van der Waals surface area (Å²) >= 11 is 0. The van der Waals surface area contributed by atoms with E-state index in [1.807, 2.05) is 5.32 Å². The molecule has 0 aliphatic rings. The molecule has 20 heavy (non-hydrogen) atoms. The highest BCUT2D eigenvalue weighted by Crippen LogP contribution is 2.23. The summed E-state index contributed by atoms with van der Waals surface area (Å²) in [6.45, 7) is 0. The minimum atomic E-state index is -1.57. The first-order chi connectivity index (χ1) is 9.50. The molecule has 0 radical (unpaired) electrons. The van der Waals surface area contributed by atoms with E-state index in [2.05, 4.69) is 15.2 Å². The van der Waals surface area contributed by atoms with E-state index in [1.165, 1.54) is 12.4 Å². The fourth-order valence-corrected chi connectivity index (χ4v) is 1.36. The van der Waals surface area contributed by atoms with Crippen LogP contribution in [0.5, 0.6) is 0 Å². The van der Waals surface area contributed by atoms with Gasteiger partial charge in [0.15, 0.2) is 0 Å². The summed E-state index contributed by atoms with van der Waals surface area (Å²) in [4.78, 5) is 24.8. The van der Waals surface area contributed by atoms with E-state index >= 15 is 0 Å². The number of nitro benzene ring substituents is 1. The molecule has 1 amide bonds. The minimum Gasteiger partial charge on any atom is -0.289 e. The lowest BCUT2D eigenvalue weighted by atomic mass is 10.1. The molecule has 0 unspecified atom stereocenters. The van der Waals surface area contributed by atoms with Gasteiger partial charge < -0.3 is 0 Å². The first kappa shape index (κ1) is 13.4. The van der Waals surface area contributed by atoms with Crippen molar-refractivity contribution in [1.29, 1.82) is 0 Å². The molecular weight excluding hydrogens is 276 g/mol. The van der Waals surface area contributed by atoms with Gasteiger partial charge in [0.2, 0.25) is 11.8 Å². The zero-order valence-corrected chi connectivity index (χ0v) is 9.58. The number of anilines is 1. The molecule has 0 atom stereocenters. The molecule has 1 aromatic heterocycles. The highest BCUT2D eigenvalue weighted by Gasteiger charge is 2.26. The number of amides is 1. The average Bonchev–Trinajstić information content (AvgIpc) is 2.39. The Morgan fingerprint density at radius 2 is 2.05 bits per heavy atom. The number of benzene rings is 1. The lowest BCUT2D eigenvalue weighted by Crippen LogP contribution is -2.18. The molecule has 1 N–H and O–H groups in total. The van der Waals surface area contributed by atoms with Crippen LogP contribution >= 0.6 is 0 Å². The van der Waals surface area contributed by atoms with Gasteiger partial charge in [-0.2, -0.15) is 9.49 Å². The van der Waals surface area contributed by atoms with Crippen LogP contribution in [0, 0.1) is 21.7 Å². The predicted molar refractivity (Wildman–Crippen MR) is 60.8 cm³/mol. The van der Waals surface area contributed by atoms with Crippen LogP contribution in [0.15, 0.2) is 24.5 Å². The van der Waals surface area contributed by atoms with Crippen LogP contribution < -0.4 is 5.32 Å². The number of hydrogen-bond acceptors (Lipinski definition) is 6. The molecule has 2 rings (SSSR count). The SMILES string of the molecule is O=C(Nc1nccnn1)c1c(F)ccc([N+](=O)[O-])c1F. The second-order valence-electron chi connectivity index (χ2n) is 3.43. The van der Waals surface area contributed by atoms with Crippen molar-refractivity contribution in [3.8, 4) is 0 Å². The zero-order chi connectivity index (χ0) is 14.7. The largest absolute Gasteiger partial charge is 0.305 e.